The fourth-order valence-corrected chi connectivity index (χ4v) is 7.85. The Hall–Kier alpha value is -2.74. The van der Waals surface area contributed by atoms with Gasteiger partial charge in [0.05, 0.1) is 16.7 Å². The minimum atomic E-state index is -2.42. The summed E-state index contributed by atoms with van der Waals surface area (Å²) < 4.78 is 34.8. The van der Waals surface area contributed by atoms with E-state index in [9.17, 15) is 34.2 Å². The van der Waals surface area contributed by atoms with Gasteiger partial charge in [0.15, 0.2) is 11.7 Å². The first-order valence-electron chi connectivity index (χ1n) is 14.7. The molecule has 0 radical (unpaired) electrons. The summed E-state index contributed by atoms with van der Waals surface area (Å²) in [6.07, 6.45) is -8.95. The van der Waals surface area contributed by atoms with E-state index in [2.05, 4.69) is 6.58 Å². The summed E-state index contributed by atoms with van der Waals surface area (Å²) in [6, 6.07) is 0. The van der Waals surface area contributed by atoms with Gasteiger partial charge in [0.25, 0.3) is 0 Å². The van der Waals surface area contributed by atoms with Crippen LogP contribution in [-0.2, 0) is 52.4 Å². The van der Waals surface area contributed by atoms with E-state index in [1.165, 1.54) is 20.8 Å². The highest BCUT2D eigenvalue weighted by atomic mass is 35.5. The number of aliphatic hydroxyl groups is 2. The molecule has 2 saturated heterocycles. The highest BCUT2D eigenvalue weighted by molar-refractivity contribution is 6.23. The highest BCUT2D eigenvalue weighted by Crippen LogP contribution is 2.61. The maximum absolute atomic E-state index is 13.1. The van der Waals surface area contributed by atoms with Crippen LogP contribution in [0.3, 0.4) is 0 Å². The summed E-state index contributed by atoms with van der Waals surface area (Å²) >= 11 is 6.81. The second-order valence-corrected chi connectivity index (χ2v) is 13.1. The van der Waals surface area contributed by atoms with E-state index in [-0.39, 0.29) is 18.4 Å². The lowest BCUT2D eigenvalue weighted by Crippen LogP contribution is -2.75. The molecule has 4 fully saturated rings. The Labute approximate surface area is 260 Å². The van der Waals surface area contributed by atoms with Gasteiger partial charge in [0, 0.05) is 39.5 Å². The predicted octanol–water partition coefficient (Wildman–Crippen LogP) is 1.51. The zero-order valence-electron chi connectivity index (χ0n) is 25.9. The monoisotopic (exact) mass is 644 g/mol. The molecule has 2 heterocycles. The van der Waals surface area contributed by atoms with Gasteiger partial charge in [-0.15, -0.1) is 11.6 Å². The molecular weight excluding hydrogens is 604 g/mol. The van der Waals surface area contributed by atoms with Crippen LogP contribution in [0.15, 0.2) is 12.2 Å². The molecule has 1 unspecified atom stereocenters. The molecule has 2 saturated carbocycles. The molecule has 13 nitrogen and oxygen atoms in total. The third-order valence-corrected chi connectivity index (χ3v) is 10.1. The predicted molar refractivity (Wildman–Crippen MR) is 150 cm³/mol. The van der Waals surface area contributed by atoms with Crippen LogP contribution in [0.1, 0.15) is 67.7 Å². The molecule has 0 bridgehead atoms. The molecule has 44 heavy (non-hydrogen) atoms. The number of esters is 5. The molecule has 2 N–H and O–H groups in total. The number of rotatable bonds is 6. The molecule has 14 heteroatoms. The first kappa shape index (κ1) is 34.1. The van der Waals surface area contributed by atoms with Crippen LogP contribution in [0, 0.1) is 17.3 Å². The maximum atomic E-state index is 13.1. The van der Waals surface area contributed by atoms with Gasteiger partial charge in [-0.2, -0.15) is 0 Å². The Kier molecular flexibility index (Phi) is 9.22. The van der Waals surface area contributed by atoms with Crippen molar-refractivity contribution in [3.63, 3.8) is 0 Å². The topological polar surface area (TPSA) is 184 Å². The summed E-state index contributed by atoms with van der Waals surface area (Å²) in [5.74, 6) is -6.87. The van der Waals surface area contributed by atoms with Gasteiger partial charge < -0.3 is 38.6 Å². The number of halogens is 1. The highest BCUT2D eigenvalue weighted by Gasteiger charge is 2.76. The van der Waals surface area contributed by atoms with Crippen molar-refractivity contribution in [2.75, 3.05) is 0 Å². The van der Waals surface area contributed by atoms with Crippen LogP contribution in [0.5, 0.6) is 0 Å². The Balaban J connectivity index is 2.08. The van der Waals surface area contributed by atoms with E-state index in [1.54, 1.807) is 6.92 Å². The van der Waals surface area contributed by atoms with Crippen molar-refractivity contribution in [1.29, 1.82) is 0 Å². The fraction of sp³-hybridized carbons (Fsp3) is 0.767. The van der Waals surface area contributed by atoms with E-state index in [0.717, 1.165) is 20.8 Å². The maximum Gasteiger partial charge on any atom is 0.312 e. The van der Waals surface area contributed by atoms with E-state index >= 15 is 0 Å². The Morgan fingerprint density at radius 1 is 0.977 bits per heavy atom. The van der Waals surface area contributed by atoms with Gasteiger partial charge in [-0.3, -0.25) is 24.0 Å². The second-order valence-electron chi connectivity index (χ2n) is 12.7. The van der Waals surface area contributed by atoms with Gasteiger partial charge in [-0.05, 0) is 25.8 Å². The van der Waals surface area contributed by atoms with Gasteiger partial charge in [0.1, 0.15) is 42.2 Å². The van der Waals surface area contributed by atoms with Crippen molar-refractivity contribution in [3.05, 3.63) is 12.2 Å². The lowest BCUT2D eigenvalue weighted by Gasteiger charge is -2.60. The molecule has 0 amide bonds. The Bertz CT molecular complexity index is 1230. The Morgan fingerprint density at radius 2 is 1.55 bits per heavy atom. The minimum Gasteiger partial charge on any atom is -0.462 e. The first-order valence-corrected chi connectivity index (χ1v) is 15.1. The normalized spacial score (nSPS) is 44.6. The average molecular weight is 645 g/mol. The molecule has 246 valence electrons. The van der Waals surface area contributed by atoms with Crippen molar-refractivity contribution in [3.8, 4) is 0 Å². The SMILES string of the molecule is C=C1[C@H]2O[C@H]2[C@@H](OC(C)=O)[C@@]2(C)[C@@H](OC(C)=O)C[C@@H](OC(=O)CCC)[C@@](C)(O)[C@@H]2[C@@H](OC(C)=O)C2(O)[C@@H](C)C(=O)O[C@H]2[C@H]1Cl. The smallest absolute Gasteiger partial charge is 0.312 e. The average Bonchev–Trinajstić information content (AvgIpc) is 3.66. The number of carbonyl (C=O) groups is 5. The van der Waals surface area contributed by atoms with Crippen molar-refractivity contribution < 1.29 is 62.6 Å². The second kappa shape index (κ2) is 11.9. The molecule has 2 aliphatic heterocycles. The molecule has 2 aliphatic carbocycles. The summed E-state index contributed by atoms with van der Waals surface area (Å²) in [5, 5.41) is 23.8. The molecule has 0 aromatic carbocycles. The largest absolute Gasteiger partial charge is 0.462 e. The van der Waals surface area contributed by atoms with Crippen LogP contribution in [-0.4, -0.2) is 99.4 Å². The van der Waals surface area contributed by atoms with Crippen molar-refractivity contribution >= 4 is 41.4 Å². The number of epoxide rings is 1. The van der Waals surface area contributed by atoms with Crippen molar-refractivity contribution in [1.82, 2.24) is 0 Å². The number of carbonyl (C=O) groups excluding carboxylic acids is 5. The fourth-order valence-electron chi connectivity index (χ4n) is 7.47. The summed E-state index contributed by atoms with van der Waals surface area (Å²) in [5.41, 5.74) is -6.13. The van der Waals surface area contributed by atoms with Crippen molar-refractivity contribution in [2.24, 2.45) is 17.3 Å². The van der Waals surface area contributed by atoms with Crippen LogP contribution in [0.2, 0.25) is 0 Å². The number of hydrogen-bond donors (Lipinski definition) is 2. The summed E-state index contributed by atoms with van der Waals surface area (Å²) in [4.78, 5) is 63.8. The van der Waals surface area contributed by atoms with E-state index < -0.39 is 106 Å². The van der Waals surface area contributed by atoms with Crippen LogP contribution < -0.4 is 0 Å². The number of fused-ring (bicyclic) bond motifs is 3. The quantitative estimate of drug-likeness (QED) is 0.140. The molecule has 13 atom stereocenters. The summed E-state index contributed by atoms with van der Waals surface area (Å²) in [7, 11) is 0. The summed E-state index contributed by atoms with van der Waals surface area (Å²) in [6.45, 7) is 13.4. The number of alkyl halides is 1. The van der Waals surface area contributed by atoms with Gasteiger partial charge in [-0.1, -0.05) is 20.4 Å². The van der Waals surface area contributed by atoms with Gasteiger partial charge >= 0.3 is 29.8 Å². The van der Waals surface area contributed by atoms with Crippen molar-refractivity contribution in [2.45, 2.75) is 127 Å². The Morgan fingerprint density at radius 3 is 2.09 bits per heavy atom. The molecule has 4 rings (SSSR count). The molecule has 0 aromatic heterocycles. The zero-order valence-corrected chi connectivity index (χ0v) is 26.6. The van der Waals surface area contributed by atoms with Crippen LogP contribution in [0.25, 0.3) is 0 Å². The van der Waals surface area contributed by atoms with Gasteiger partial charge in [-0.25, -0.2) is 0 Å². The lowest BCUT2D eigenvalue weighted by molar-refractivity contribution is -0.293. The molecular formula is C30H41ClO13. The van der Waals surface area contributed by atoms with E-state index in [1.807, 2.05) is 0 Å². The van der Waals surface area contributed by atoms with Crippen LogP contribution in [0.4, 0.5) is 0 Å². The third kappa shape index (κ3) is 5.50. The molecule has 0 aromatic rings. The van der Waals surface area contributed by atoms with Gasteiger partial charge in [0.2, 0.25) is 0 Å². The molecule has 0 spiro atoms. The zero-order chi connectivity index (χ0) is 33.1. The number of hydrogen-bond acceptors (Lipinski definition) is 13. The molecule has 4 aliphatic rings. The first-order chi connectivity index (χ1) is 20.3. The van der Waals surface area contributed by atoms with E-state index in [4.69, 9.17) is 40.0 Å². The third-order valence-electron chi connectivity index (χ3n) is 9.62. The minimum absolute atomic E-state index is 0.00914. The standard InChI is InChI=1S/C30H41ClO13/c1-9-10-19(35)42-18-11-17(39-14(4)32)28(7)23(29(18,8)37)26(41-16(6)34)30(38)13(3)27(36)44-24(30)20(31)12(2)21-22(43-21)25(28)40-15(5)33/h13,17-18,20-26,37-38H,2,9-11H2,1,3-8H3/t13-,17-,18+,20-,21+,22+,23+,24-,25+,26+,28-,29+,30?/m0/s1. The van der Waals surface area contributed by atoms with E-state index in [0.29, 0.717) is 6.42 Å². The lowest BCUT2D eigenvalue weighted by atomic mass is 9.50. The number of ether oxygens (including phenoxy) is 6. The van der Waals surface area contributed by atoms with Crippen LogP contribution >= 0.6 is 11.6 Å².